The molecule has 1 rings (SSSR count). The quantitative estimate of drug-likeness (QED) is 0.816. The molecule has 0 bridgehead atoms. The van der Waals surface area contributed by atoms with Crippen molar-refractivity contribution in [3.8, 4) is 6.07 Å². The van der Waals surface area contributed by atoms with Gasteiger partial charge in [-0.3, -0.25) is 0 Å². The third kappa shape index (κ3) is 6.87. The number of anilines is 1. The molecule has 21 heavy (non-hydrogen) atoms. The molecule has 0 spiro atoms. The smallest absolute Gasteiger partial charge is 0.407 e. The van der Waals surface area contributed by atoms with Crippen molar-refractivity contribution in [2.75, 3.05) is 18.4 Å². The van der Waals surface area contributed by atoms with Crippen LogP contribution in [0, 0.1) is 11.3 Å². The van der Waals surface area contributed by atoms with Crippen molar-refractivity contribution in [1.82, 2.24) is 5.32 Å². The number of halogens is 1. The third-order valence-electron chi connectivity index (χ3n) is 2.44. The molecule has 1 aromatic carbocycles. The van der Waals surface area contributed by atoms with Crippen LogP contribution in [0.3, 0.4) is 0 Å². The molecular weight excluding hydrogens is 290 g/mol. The molecule has 114 valence electrons. The summed E-state index contributed by atoms with van der Waals surface area (Å²) in [5, 5.41) is 15.4. The maximum absolute atomic E-state index is 11.4. The van der Waals surface area contributed by atoms with Crippen molar-refractivity contribution in [3.63, 3.8) is 0 Å². The fraction of sp³-hybridized carbons (Fsp3) is 0.467. The van der Waals surface area contributed by atoms with E-state index < -0.39 is 11.7 Å². The Labute approximate surface area is 130 Å². The van der Waals surface area contributed by atoms with Gasteiger partial charge in [0.05, 0.1) is 11.3 Å². The van der Waals surface area contributed by atoms with Gasteiger partial charge in [-0.25, -0.2) is 4.79 Å². The van der Waals surface area contributed by atoms with Crippen molar-refractivity contribution in [2.24, 2.45) is 0 Å². The number of nitriles is 1. The second-order valence-electron chi connectivity index (χ2n) is 5.51. The van der Waals surface area contributed by atoms with Crippen LogP contribution in [0.25, 0.3) is 0 Å². The number of rotatable bonds is 5. The molecule has 0 aliphatic rings. The highest BCUT2D eigenvalue weighted by Crippen LogP contribution is 2.19. The van der Waals surface area contributed by atoms with E-state index in [0.717, 1.165) is 5.69 Å². The zero-order chi connectivity index (χ0) is 15.9. The fourth-order valence-corrected chi connectivity index (χ4v) is 1.75. The number of hydrogen-bond donors (Lipinski definition) is 2. The lowest BCUT2D eigenvalue weighted by Crippen LogP contribution is -2.33. The highest BCUT2D eigenvalue weighted by Gasteiger charge is 2.15. The second-order valence-corrected chi connectivity index (χ2v) is 5.95. The molecule has 6 heteroatoms. The monoisotopic (exact) mass is 309 g/mol. The normalized spacial score (nSPS) is 10.6. The Kier molecular flexibility index (Phi) is 6.32. The van der Waals surface area contributed by atoms with Gasteiger partial charge in [-0.15, -0.1) is 0 Å². The number of nitrogens with one attached hydrogen (secondary N) is 2. The summed E-state index contributed by atoms with van der Waals surface area (Å²) in [5.74, 6) is 0. The lowest BCUT2D eigenvalue weighted by Gasteiger charge is -2.19. The maximum atomic E-state index is 11.4. The van der Waals surface area contributed by atoms with E-state index in [4.69, 9.17) is 21.6 Å². The molecule has 0 aromatic heterocycles. The van der Waals surface area contributed by atoms with Crippen LogP contribution in [-0.4, -0.2) is 24.8 Å². The van der Waals surface area contributed by atoms with Gasteiger partial charge in [0.15, 0.2) is 0 Å². The number of hydrogen-bond acceptors (Lipinski definition) is 4. The number of nitrogens with zero attached hydrogens (tertiary/aromatic N) is 1. The van der Waals surface area contributed by atoms with Crippen molar-refractivity contribution in [3.05, 3.63) is 28.8 Å². The van der Waals surface area contributed by atoms with Crippen LogP contribution in [0.1, 0.15) is 32.8 Å². The van der Waals surface area contributed by atoms with Crippen molar-refractivity contribution >= 4 is 23.4 Å². The summed E-state index contributed by atoms with van der Waals surface area (Å²) in [5.41, 5.74) is 0.745. The Bertz CT molecular complexity index is 533. The minimum absolute atomic E-state index is 0.424. The standard InChI is InChI=1S/C15H20ClN3O2/c1-15(2,3)21-14(20)19-8-4-7-18-13-6-5-12(16)9-11(13)10-17/h5-6,9,18H,4,7-8H2,1-3H3,(H,19,20). The van der Waals surface area contributed by atoms with Gasteiger partial charge in [-0.05, 0) is 45.4 Å². The molecule has 0 saturated heterocycles. The van der Waals surface area contributed by atoms with Crippen LogP contribution in [-0.2, 0) is 4.74 Å². The summed E-state index contributed by atoms with van der Waals surface area (Å²) >= 11 is 5.83. The van der Waals surface area contributed by atoms with Gasteiger partial charge < -0.3 is 15.4 Å². The number of alkyl carbamates (subject to hydrolysis) is 1. The summed E-state index contributed by atoms with van der Waals surface area (Å²) in [4.78, 5) is 11.4. The number of carbonyl (C=O) groups excluding carboxylic acids is 1. The minimum Gasteiger partial charge on any atom is -0.444 e. The molecule has 1 amide bonds. The SMILES string of the molecule is CC(C)(C)OC(=O)NCCCNc1ccc(Cl)cc1C#N. The molecule has 5 nitrogen and oxygen atoms in total. The molecule has 0 saturated carbocycles. The molecular formula is C15H20ClN3O2. The van der Waals surface area contributed by atoms with Crippen LogP contribution in [0.15, 0.2) is 18.2 Å². The third-order valence-corrected chi connectivity index (χ3v) is 2.67. The van der Waals surface area contributed by atoms with E-state index in [9.17, 15) is 4.79 Å². The zero-order valence-electron chi connectivity index (χ0n) is 12.5. The predicted molar refractivity (Wildman–Crippen MR) is 83.5 cm³/mol. The molecule has 0 aliphatic heterocycles. The Morgan fingerprint density at radius 2 is 2.10 bits per heavy atom. The summed E-state index contributed by atoms with van der Waals surface area (Å²) in [7, 11) is 0. The van der Waals surface area contributed by atoms with Crippen molar-refractivity contribution in [2.45, 2.75) is 32.8 Å². The highest BCUT2D eigenvalue weighted by atomic mass is 35.5. The van der Waals surface area contributed by atoms with Crippen LogP contribution >= 0.6 is 11.6 Å². The molecule has 0 fully saturated rings. The van der Waals surface area contributed by atoms with E-state index in [1.165, 1.54) is 0 Å². The Morgan fingerprint density at radius 1 is 1.38 bits per heavy atom. The number of benzene rings is 1. The lowest BCUT2D eigenvalue weighted by atomic mass is 10.2. The van der Waals surface area contributed by atoms with E-state index in [1.807, 2.05) is 20.8 Å². The van der Waals surface area contributed by atoms with Gasteiger partial charge in [0.2, 0.25) is 0 Å². The number of amides is 1. The summed E-state index contributed by atoms with van der Waals surface area (Å²) in [6.07, 6.45) is 0.291. The largest absolute Gasteiger partial charge is 0.444 e. The molecule has 0 unspecified atom stereocenters. The highest BCUT2D eigenvalue weighted by molar-refractivity contribution is 6.30. The second kappa shape index (κ2) is 7.75. The Balaban J connectivity index is 2.29. The first-order valence-electron chi connectivity index (χ1n) is 6.72. The number of carbonyl (C=O) groups is 1. The van der Waals surface area contributed by atoms with E-state index in [0.29, 0.717) is 30.1 Å². The van der Waals surface area contributed by atoms with Crippen molar-refractivity contribution in [1.29, 1.82) is 5.26 Å². The minimum atomic E-state index is -0.493. The van der Waals surface area contributed by atoms with Crippen molar-refractivity contribution < 1.29 is 9.53 Å². The zero-order valence-corrected chi connectivity index (χ0v) is 13.3. The molecule has 0 radical (unpaired) electrons. The molecule has 0 atom stereocenters. The van der Waals surface area contributed by atoms with E-state index in [2.05, 4.69) is 16.7 Å². The van der Waals surface area contributed by atoms with Crippen LogP contribution in [0.5, 0.6) is 0 Å². The van der Waals surface area contributed by atoms with Crippen LogP contribution in [0.2, 0.25) is 5.02 Å². The fourth-order valence-electron chi connectivity index (χ4n) is 1.58. The average molecular weight is 310 g/mol. The molecule has 0 aliphatic carbocycles. The topological polar surface area (TPSA) is 74.2 Å². The van der Waals surface area contributed by atoms with Gasteiger partial charge in [0.25, 0.3) is 0 Å². The average Bonchev–Trinajstić information content (AvgIpc) is 2.37. The lowest BCUT2D eigenvalue weighted by molar-refractivity contribution is 0.0528. The van der Waals surface area contributed by atoms with Gasteiger partial charge in [-0.1, -0.05) is 11.6 Å². The molecule has 1 aromatic rings. The molecule has 0 heterocycles. The van der Waals surface area contributed by atoms with E-state index in [-0.39, 0.29) is 0 Å². The van der Waals surface area contributed by atoms with Gasteiger partial charge >= 0.3 is 6.09 Å². The van der Waals surface area contributed by atoms with Gasteiger partial charge in [0, 0.05) is 18.1 Å². The first-order valence-corrected chi connectivity index (χ1v) is 7.10. The number of ether oxygens (including phenoxy) is 1. The predicted octanol–water partition coefficient (Wildman–Crippen LogP) is 3.54. The summed E-state index contributed by atoms with van der Waals surface area (Å²) in [6, 6.07) is 7.19. The van der Waals surface area contributed by atoms with Gasteiger partial charge in [0.1, 0.15) is 11.7 Å². The van der Waals surface area contributed by atoms with Gasteiger partial charge in [-0.2, -0.15) is 5.26 Å². The first kappa shape index (κ1) is 17.1. The van der Waals surface area contributed by atoms with E-state index >= 15 is 0 Å². The summed E-state index contributed by atoms with van der Waals surface area (Å²) in [6.45, 7) is 6.58. The Hall–Kier alpha value is -1.93. The first-order chi connectivity index (χ1) is 9.81. The van der Waals surface area contributed by atoms with E-state index in [1.54, 1.807) is 18.2 Å². The summed E-state index contributed by atoms with van der Waals surface area (Å²) < 4.78 is 5.12. The maximum Gasteiger partial charge on any atom is 0.407 e. The Morgan fingerprint density at radius 3 is 2.71 bits per heavy atom. The van der Waals surface area contributed by atoms with Crippen LogP contribution in [0.4, 0.5) is 10.5 Å². The molecule has 2 N–H and O–H groups in total. The van der Waals surface area contributed by atoms with Crippen LogP contribution < -0.4 is 10.6 Å².